The number of hydrogen-bond acceptors (Lipinski definition) is 3. The topological polar surface area (TPSA) is 32.2 Å². The molecule has 4 nitrogen and oxygen atoms in total. The first-order chi connectivity index (χ1) is 28.8. The minimum absolute atomic E-state index is 0.0496. The summed E-state index contributed by atoms with van der Waals surface area (Å²) < 4.78 is 2.66. The second kappa shape index (κ2) is 15.2. The number of hydrogen-bond donors (Lipinski definition) is 2. The van der Waals surface area contributed by atoms with Crippen LogP contribution in [0, 0.1) is 5.92 Å². The van der Waals surface area contributed by atoms with Crippen LogP contribution in [0.2, 0.25) is 0 Å². The van der Waals surface area contributed by atoms with E-state index in [-0.39, 0.29) is 18.2 Å². The van der Waals surface area contributed by atoms with Gasteiger partial charge in [-0.15, -0.1) is 0 Å². The normalized spacial score (nSPS) is 24.5. The Morgan fingerprint density at radius 1 is 0.672 bits per heavy atom. The van der Waals surface area contributed by atoms with Crippen LogP contribution in [0.1, 0.15) is 104 Å². The maximum Gasteiger partial charge on any atom is 0.104 e. The Labute approximate surface area is 343 Å². The number of rotatable bonds is 6. The standard InChI is InChI=1S/C54H52N4/c1-4-16-39(17-5-1)47-36-48(56-54(55-47)41-18-6-2-7-19-41)40-30-28-37(29-31-40)38-32-34-43(35-33-38)57-49-25-13-10-22-44(49)52-45-23-11-14-26-50(45)58(42-20-8-3-9-21-42)53(52)46-24-12-15-27-51(46)57/h1-2,4-8,11-12,15-16,18-21,23-24,27-34,36,39,43,48,54-56H,3,9-10,13-14,17,22,25-26,35H2. The maximum absolute atomic E-state index is 3.90. The van der Waals surface area contributed by atoms with Gasteiger partial charge < -0.3 is 14.8 Å². The van der Waals surface area contributed by atoms with Crippen molar-refractivity contribution in [3.05, 3.63) is 197 Å². The van der Waals surface area contributed by atoms with E-state index >= 15 is 0 Å². The van der Waals surface area contributed by atoms with Crippen LogP contribution in [0.4, 0.5) is 5.69 Å². The van der Waals surface area contributed by atoms with Gasteiger partial charge in [0.05, 0.1) is 23.5 Å². The summed E-state index contributed by atoms with van der Waals surface area (Å²) in [6.45, 7) is 0. The summed E-state index contributed by atoms with van der Waals surface area (Å²) in [6, 6.07) is 29.7. The molecule has 0 spiro atoms. The van der Waals surface area contributed by atoms with Crippen molar-refractivity contribution in [2.24, 2.45) is 5.92 Å². The Kier molecular flexibility index (Phi) is 9.23. The van der Waals surface area contributed by atoms with Crippen molar-refractivity contribution in [1.82, 2.24) is 15.2 Å². The third-order valence-electron chi connectivity index (χ3n) is 13.4. The minimum Gasteiger partial charge on any atom is -0.369 e. The smallest absolute Gasteiger partial charge is 0.104 e. The first-order valence-electron chi connectivity index (χ1n) is 21.8. The second-order valence-electron chi connectivity index (χ2n) is 16.8. The molecule has 2 N–H and O–H groups in total. The molecule has 3 heterocycles. The maximum atomic E-state index is 3.90. The zero-order valence-electron chi connectivity index (χ0n) is 33.3. The molecule has 1 aromatic heterocycles. The lowest BCUT2D eigenvalue weighted by Gasteiger charge is -2.38. The van der Waals surface area contributed by atoms with Gasteiger partial charge in [-0.1, -0.05) is 140 Å². The van der Waals surface area contributed by atoms with Crippen LogP contribution in [-0.2, 0) is 6.42 Å². The molecule has 0 radical (unpaired) electrons. The zero-order valence-corrected chi connectivity index (χ0v) is 33.3. The zero-order chi connectivity index (χ0) is 38.4. The van der Waals surface area contributed by atoms with Gasteiger partial charge in [0.15, 0.2) is 0 Å². The van der Waals surface area contributed by atoms with Crippen LogP contribution < -0.4 is 15.5 Å². The predicted molar refractivity (Wildman–Crippen MR) is 242 cm³/mol. The number of nitrogens with one attached hydrogen (secondary N) is 2. The molecule has 0 fully saturated rings. The van der Waals surface area contributed by atoms with Crippen molar-refractivity contribution in [2.45, 2.75) is 82.5 Å². The van der Waals surface area contributed by atoms with Crippen molar-refractivity contribution >= 4 is 28.6 Å². The number of allylic oxidation sites excluding steroid dienone is 13. The molecule has 4 heteroatoms. The highest BCUT2D eigenvalue weighted by Gasteiger charge is 2.37. The summed E-state index contributed by atoms with van der Waals surface area (Å²) in [5.74, 6) is 0.364. The molecule has 2 aliphatic heterocycles. The number of anilines is 1. The van der Waals surface area contributed by atoms with Crippen LogP contribution in [0.15, 0.2) is 163 Å². The highest BCUT2D eigenvalue weighted by atomic mass is 15.2. The second-order valence-corrected chi connectivity index (χ2v) is 16.8. The van der Waals surface area contributed by atoms with Crippen LogP contribution in [-0.4, -0.2) is 10.6 Å². The lowest BCUT2D eigenvalue weighted by atomic mass is 9.86. The van der Waals surface area contributed by atoms with Gasteiger partial charge in [-0.3, -0.25) is 5.32 Å². The van der Waals surface area contributed by atoms with Gasteiger partial charge in [0.1, 0.15) is 6.17 Å². The molecule has 0 bridgehead atoms. The number of fused-ring (bicyclic) bond motifs is 6. The van der Waals surface area contributed by atoms with Gasteiger partial charge in [-0.2, -0.15) is 0 Å². The number of para-hydroxylation sites is 1. The van der Waals surface area contributed by atoms with Crippen molar-refractivity contribution < 1.29 is 0 Å². The highest BCUT2D eigenvalue weighted by molar-refractivity contribution is 5.98. The van der Waals surface area contributed by atoms with E-state index in [1.807, 2.05) is 0 Å². The molecule has 4 unspecified atom stereocenters. The average molecular weight is 757 g/mol. The summed E-state index contributed by atoms with van der Waals surface area (Å²) in [4.78, 5) is 2.75. The molecule has 0 saturated heterocycles. The number of nitrogens with zero attached hydrogens (tertiary/aromatic N) is 2. The van der Waals surface area contributed by atoms with Gasteiger partial charge in [-0.05, 0) is 110 Å². The molecule has 288 valence electrons. The van der Waals surface area contributed by atoms with Gasteiger partial charge in [0, 0.05) is 45.4 Å². The van der Waals surface area contributed by atoms with E-state index < -0.39 is 0 Å². The SMILES string of the molecule is C1=CCC(C2=CC(c3ccc(C4=CCC(N5C6=C(CCCC6)c6c7c(n(C8=CCCC=C8)c6-c6ccccc65)CCC=C7)C=C4)cc3)NC(c3ccccc3)N2)C=C1. The first kappa shape index (κ1) is 35.3. The molecule has 4 atom stereocenters. The summed E-state index contributed by atoms with van der Waals surface area (Å²) in [6.07, 6.45) is 42.0. The van der Waals surface area contributed by atoms with Gasteiger partial charge in [0.2, 0.25) is 0 Å². The molecule has 4 aromatic rings. The van der Waals surface area contributed by atoms with E-state index in [0.29, 0.717) is 5.92 Å². The molecule has 7 aliphatic rings. The average Bonchev–Trinajstić information content (AvgIpc) is 3.59. The van der Waals surface area contributed by atoms with E-state index in [4.69, 9.17) is 0 Å². The molecular formula is C54H52N4. The lowest BCUT2D eigenvalue weighted by molar-refractivity contribution is 0.396. The van der Waals surface area contributed by atoms with E-state index in [1.165, 1.54) is 86.0 Å². The fraction of sp³-hybridized carbons (Fsp3) is 0.259. The van der Waals surface area contributed by atoms with Crippen LogP contribution in [0.25, 0.3) is 34.2 Å². The fourth-order valence-corrected chi connectivity index (χ4v) is 10.6. The fourth-order valence-electron chi connectivity index (χ4n) is 10.6. The van der Waals surface area contributed by atoms with Crippen LogP contribution in [0.5, 0.6) is 0 Å². The van der Waals surface area contributed by atoms with Gasteiger partial charge in [-0.25, -0.2) is 0 Å². The highest BCUT2D eigenvalue weighted by Crippen LogP contribution is 2.52. The quantitative estimate of drug-likeness (QED) is 0.205. The molecule has 11 rings (SSSR count). The Balaban J connectivity index is 0.911. The molecule has 3 aromatic carbocycles. The number of benzene rings is 3. The van der Waals surface area contributed by atoms with Crippen molar-refractivity contribution in [2.75, 3.05) is 4.90 Å². The number of aromatic nitrogens is 1. The Hall–Kier alpha value is -5.84. The van der Waals surface area contributed by atoms with Crippen molar-refractivity contribution in [1.29, 1.82) is 0 Å². The summed E-state index contributed by atoms with van der Waals surface area (Å²) in [5.41, 5.74) is 19.5. The predicted octanol–water partition coefficient (Wildman–Crippen LogP) is 12.8. The molecule has 58 heavy (non-hydrogen) atoms. The van der Waals surface area contributed by atoms with Gasteiger partial charge >= 0.3 is 0 Å². The van der Waals surface area contributed by atoms with E-state index in [0.717, 1.165) is 51.4 Å². The van der Waals surface area contributed by atoms with E-state index in [2.05, 4.69) is 178 Å². The molecule has 0 amide bonds. The van der Waals surface area contributed by atoms with Gasteiger partial charge in [0.25, 0.3) is 0 Å². The lowest BCUT2D eigenvalue weighted by Crippen LogP contribution is -2.41. The Morgan fingerprint density at radius 2 is 1.53 bits per heavy atom. The molecular weight excluding hydrogens is 705 g/mol. The van der Waals surface area contributed by atoms with Crippen molar-refractivity contribution in [3.63, 3.8) is 0 Å². The first-order valence-corrected chi connectivity index (χ1v) is 21.8. The van der Waals surface area contributed by atoms with Crippen LogP contribution >= 0.6 is 0 Å². The summed E-state index contributed by atoms with van der Waals surface area (Å²) >= 11 is 0. The summed E-state index contributed by atoms with van der Waals surface area (Å²) in [7, 11) is 0. The molecule has 5 aliphatic carbocycles. The van der Waals surface area contributed by atoms with Crippen LogP contribution in [0.3, 0.4) is 0 Å². The molecule has 0 saturated carbocycles. The third-order valence-corrected chi connectivity index (χ3v) is 13.4. The van der Waals surface area contributed by atoms with E-state index in [1.54, 1.807) is 5.57 Å². The van der Waals surface area contributed by atoms with E-state index in [9.17, 15) is 0 Å². The minimum atomic E-state index is 0.0496. The Bertz CT molecular complexity index is 2530. The largest absolute Gasteiger partial charge is 0.369 e. The van der Waals surface area contributed by atoms with Crippen molar-refractivity contribution in [3.8, 4) is 11.3 Å². The Morgan fingerprint density at radius 3 is 2.36 bits per heavy atom. The monoisotopic (exact) mass is 756 g/mol. The third kappa shape index (κ3) is 6.26. The summed E-state index contributed by atoms with van der Waals surface area (Å²) in [5, 5.41) is 7.72.